The third-order valence-electron chi connectivity index (χ3n) is 6.80. The number of benzene rings is 4. The van der Waals surface area contributed by atoms with Crippen molar-refractivity contribution in [2.24, 2.45) is 0 Å². The minimum absolute atomic E-state index is 0. The van der Waals surface area contributed by atoms with E-state index in [4.69, 9.17) is 0 Å². The zero-order valence-corrected chi connectivity index (χ0v) is 27.2. The van der Waals surface area contributed by atoms with Crippen LogP contribution in [0.5, 0.6) is 0 Å². The average molecular weight is 710 g/mol. The molecule has 0 bridgehead atoms. The molecule has 4 aromatic rings. The Hall–Kier alpha value is -2.24. The molecule has 0 heterocycles. The second-order valence-corrected chi connectivity index (χ2v) is 29.3. The summed E-state index contributed by atoms with van der Waals surface area (Å²) in [6.07, 6.45) is 4.65. The van der Waals surface area contributed by atoms with E-state index in [1.807, 2.05) is 18.2 Å². The van der Waals surface area contributed by atoms with Crippen LogP contribution in [-0.4, -0.2) is 11.9 Å². The fourth-order valence-corrected chi connectivity index (χ4v) is 33.9. The number of allylic oxidation sites excluding steroid dienone is 1. The minimum atomic E-state index is -2.93. The van der Waals surface area contributed by atoms with Crippen LogP contribution in [0.2, 0.25) is 0 Å². The summed E-state index contributed by atoms with van der Waals surface area (Å²) in [5.41, 5.74) is 4.63. The second kappa shape index (κ2) is 13.5. The monoisotopic (exact) mass is 710 g/mol. The SMILES string of the molecule is CC(C)c1ccccc1C(=O)[NH][Hf+2]([CH]1C=Cc2ccccc21)[SiH](c1ccccc1)c1ccccc1.[Cl-].[Cl-]. The van der Waals surface area contributed by atoms with E-state index in [0.717, 1.165) is 11.1 Å². The van der Waals surface area contributed by atoms with Crippen LogP contribution in [-0.2, 0) is 20.9 Å². The van der Waals surface area contributed by atoms with Crippen LogP contribution in [0.25, 0.3) is 6.08 Å². The first-order valence-electron chi connectivity index (χ1n) is 12.3. The first kappa shape index (κ1) is 29.3. The molecule has 0 spiro atoms. The molecule has 4 aromatic carbocycles. The zero-order valence-electron chi connectivity index (χ0n) is 20.9. The van der Waals surface area contributed by atoms with Crippen molar-refractivity contribution in [3.8, 4) is 0 Å². The Morgan fingerprint density at radius 1 is 0.757 bits per heavy atom. The number of hydrogen-bond donors (Lipinski definition) is 1. The van der Waals surface area contributed by atoms with Crippen molar-refractivity contribution in [1.29, 1.82) is 0 Å². The molecule has 1 aliphatic rings. The summed E-state index contributed by atoms with van der Waals surface area (Å²) in [5, 5.41) is 2.85. The maximum atomic E-state index is 14.0. The van der Waals surface area contributed by atoms with Crippen LogP contribution in [0.15, 0.2) is 115 Å². The summed E-state index contributed by atoms with van der Waals surface area (Å²) in [4.78, 5) is 14.0. The van der Waals surface area contributed by atoms with Gasteiger partial charge in [0.1, 0.15) is 0 Å². The first-order valence-corrected chi connectivity index (χ1v) is 24.1. The standard InChI is InChI=1S/C12H11Si.C10H13NO.C9H7.2ClH.Hf/c1-3-7-11(8-4-1)13-12-9-5-2-6-10-12;1-7(2)8-5-3-4-6-9(8)10(11)12;1-2-5-9-7-3-6-8(9)4-1;;;/h1-10,13H;3-7H,1-2H3,(H2,11,12);1-7H;2*1H;/q;;;;;+3/p-3. The predicted octanol–water partition coefficient (Wildman–Crippen LogP) is -0.613. The summed E-state index contributed by atoms with van der Waals surface area (Å²) >= 11 is -2.93. The molecule has 1 unspecified atom stereocenters. The van der Waals surface area contributed by atoms with Crippen LogP contribution in [0.3, 0.4) is 0 Å². The quantitative estimate of drug-likeness (QED) is 0.255. The molecule has 0 saturated heterocycles. The van der Waals surface area contributed by atoms with Crippen molar-refractivity contribution < 1.29 is 50.5 Å². The van der Waals surface area contributed by atoms with Gasteiger partial charge >= 0.3 is 218 Å². The van der Waals surface area contributed by atoms with Gasteiger partial charge in [-0.3, -0.25) is 0 Å². The molecule has 6 heteroatoms. The fraction of sp³-hybridized carbons (Fsp3) is 0.129. The summed E-state index contributed by atoms with van der Waals surface area (Å²) < 4.78 is 4.13. The van der Waals surface area contributed by atoms with Gasteiger partial charge in [-0.05, 0) is 0 Å². The van der Waals surface area contributed by atoms with E-state index in [2.05, 4.69) is 120 Å². The summed E-state index contributed by atoms with van der Waals surface area (Å²) in [5.74, 6) is -1.26. The van der Waals surface area contributed by atoms with Crippen LogP contribution < -0.4 is 38.5 Å². The van der Waals surface area contributed by atoms with Crippen LogP contribution >= 0.6 is 0 Å². The second-order valence-electron chi connectivity index (χ2n) is 9.37. The predicted molar refractivity (Wildman–Crippen MR) is 146 cm³/mol. The minimum Gasteiger partial charge on any atom is -1.00 e. The fourth-order valence-electron chi connectivity index (χ4n) is 5.10. The van der Waals surface area contributed by atoms with Crippen molar-refractivity contribution in [1.82, 2.24) is 3.30 Å². The van der Waals surface area contributed by atoms with E-state index in [0.29, 0.717) is 9.59 Å². The number of rotatable bonds is 7. The van der Waals surface area contributed by atoms with Crippen LogP contribution in [0, 0.1) is 0 Å². The van der Waals surface area contributed by atoms with E-state index < -0.39 is 26.9 Å². The van der Waals surface area contributed by atoms with Crippen molar-refractivity contribution in [2.45, 2.75) is 23.4 Å². The number of amides is 1. The van der Waals surface area contributed by atoms with Crippen molar-refractivity contribution in [3.05, 3.63) is 138 Å². The molecule has 1 aliphatic carbocycles. The van der Waals surface area contributed by atoms with E-state index in [1.165, 1.54) is 21.5 Å². The number of carbonyl (C=O) groups is 1. The zero-order chi connectivity index (χ0) is 24.2. The molecule has 0 fully saturated rings. The van der Waals surface area contributed by atoms with Gasteiger partial charge in [-0.2, -0.15) is 0 Å². The van der Waals surface area contributed by atoms with Gasteiger partial charge < -0.3 is 24.8 Å². The first-order chi connectivity index (χ1) is 17.1. The molecule has 1 N–H and O–H groups in total. The van der Waals surface area contributed by atoms with Gasteiger partial charge in [0, 0.05) is 0 Å². The van der Waals surface area contributed by atoms with Gasteiger partial charge in [-0.1, -0.05) is 0 Å². The van der Waals surface area contributed by atoms with E-state index in [1.54, 1.807) is 0 Å². The van der Waals surface area contributed by atoms with Gasteiger partial charge in [-0.15, -0.1) is 0 Å². The topological polar surface area (TPSA) is 29.1 Å². The Morgan fingerprint density at radius 2 is 1.30 bits per heavy atom. The smallest absolute Gasteiger partial charge is 1.00 e. The summed E-state index contributed by atoms with van der Waals surface area (Å²) in [7, 11) is 0. The molecule has 1 amide bonds. The van der Waals surface area contributed by atoms with E-state index >= 15 is 0 Å². The molecular weight excluding hydrogens is 680 g/mol. The molecule has 187 valence electrons. The van der Waals surface area contributed by atoms with Gasteiger partial charge in [0.15, 0.2) is 0 Å². The van der Waals surface area contributed by atoms with Crippen LogP contribution in [0.1, 0.15) is 50.5 Å². The van der Waals surface area contributed by atoms with Crippen molar-refractivity contribution in [3.63, 3.8) is 0 Å². The molecule has 1 atom stereocenters. The van der Waals surface area contributed by atoms with Crippen molar-refractivity contribution in [2.75, 3.05) is 0 Å². The Balaban J connectivity index is 0.00000190. The van der Waals surface area contributed by atoms with E-state index in [9.17, 15) is 4.79 Å². The molecule has 37 heavy (non-hydrogen) atoms. The van der Waals surface area contributed by atoms with Gasteiger partial charge in [0.25, 0.3) is 0 Å². The Bertz CT molecular complexity index is 1310. The number of fused-ring (bicyclic) bond motifs is 1. The normalized spacial score (nSPS) is 13.5. The Kier molecular flexibility index (Phi) is 10.7. The number of halogens is 2. The maximum absolute atomic E-state index is 14.0. The summed E-state index contributed by atoms with van der Waals surface area (Å²) in [6, 6.07) is 38.7. The molecule has 2 nitrogen and oxygen atoms in total. The third-order valence-corrected chi connectivity index (χ3v) is 33.6. The number of hydrogen-bond acceptors (Lipinski definition) is 1. The van der Waals surface area contributed by atoms with Gasteiger partial charge in [-0.25, -0.2) is 0 Å². The van der Waals surface area contributed by atoms with Crippen LogP contribution in [0.4, 0.5) is 0 Å². The molecule has 0 aliphatic heterocycles. The largest absolute Gasteiger partial charge is 1.00 e. The average Bonchev–Trinajstić information content (AvgIpc) is 3.33. The van der Waals surface area contributed by atoms with E-state index in [-0.39, 0.29) is 30.7 Å². The van der Waals surface area contributed by atoms with Crippen molar-refractivity contribution >= 4 is 28.3 Å². The molecule has 5 rings (SSSR count). The number of carbonyl (C=O) groups excluding carboxylic acids is 1. The number of nitrogens with one attached hydrogen (secondary N) is 1. The Morgan fingerprint density at radius 3 is 1.92 bits per heavy atom. The third kappa shape index (κ3) is 6.43. The van der Waals surface area contributed by atoms with Gasteiger partial charge in [0.2, 0.25) is 0 Å². The molecule has 0 radical (unpaired) electrons. The maximum Gasteiger partial charge on any atom is -1.00 e. The Labute approximate surface area is 241 Å². The molecule has 0 saturated carbocycles. The van der Waals surface area contributed by atoms with Gasteiger partial charge in [0.05, 0.1) is 0 Å². The molecule has 0 aromatic heterocycles. The summed E-state index contributed by atoms with van der Waals surface area (Å²) in [6.45, 7) is 4.32. The molecular formula is C31H30Cl2HfNOSi.